The summed E-state index contributed by atoms with van der Waals surface area (Å²) in [5.41, 5.74) is 0.581. The lowest BCUT2D eigenvalue weighted by atomic mass is 9.77. The topological polar surface area (TPSA) is 92.9 Å². The number of rotatable bonds is 6. The van der Waals surface area contributed by atoms with Crippen LogP contribution in [-0.2, 0) is 20.7 Å². The zero-order valence-electron chi connectivity index (χ0n) is 13.9. The number of carbonyl (C=O) groups is 2. The van der Waals surface area contributed by atoms with Crippen molar-refractivity contribution in [3.05, 3.63) is 17.0 Å². The number of carbonyl (C=O) groups excluding carboxylic acids is 1. The molecule has 0 radical (unpaired) electrons. The van der Waals surface area contributed by atoms with Crippen LogP contribution in [0.2, 0.25) is 0 Å². The van der Waals surface area contributed by atoms with Gasteiger partial charge in [-0.1, -0.05) is 5.16 Å². The smallest absolute Gasteiger partial charge is 0.311 e. The molecule has 7 heteroatoms. The first-order valence-corrected chi connectivity index (χ1v) is 7.81. The van der Waals surface area contributed by atoms with Crippen molar-refractivity contribution in [3.63, 3.8) is 0 Å². The van der Waals surface area contributed by atoms with E-state index in [1.165, 1.54) is 0 Å². The highest BCUT2D eigenvalue weighted by Crippen LogP contribution is 2.34. The van der Waals surface area contributed by atoms with Gasteiger partial charge in [0.2, 0.25) is 5.91 Å². The number of carboxylic acid groups (broad SMARTS) is 1. The predicted molar refractivity (Wildman–Crippen MR) is 82.1 cm³/mol. The molecule has 1 amide bonds. The average molecular weight is 324 g/mol. The second-order valence-corrected chi connectivity index (χ2v) is 6.23. The number of methoxy groups -OCH3 is 1. The maximum Gasteiger partial charge on any atom is 0.311 e. The number of hydrogen-bond acceptors (Lipinski definition) is 5. The zero-order chi connectivity index (χ0) is 17.0. The van der Waals surface area contributed by atoms with E-state index in [0.29, 0.717) is 43.9 Å². The molecule has 0 aliphatic carbocycles. The summed E-state index contributed by atoms with van der Waals surface area (Å²) in [5.74, 6) is -0.303. The van der Waals surface area contributed by atoms with E-state index in [4.69, 9.17) is 9.26 Å². The molecular formula is C16H24N2O5. The van der Waals surface area contributed by atoms with Crippen LogP contribution in [-0.4, -0.2) is 53.8 Å². The van der Waals surface area contributed by atoms with Gasteiger partial charge in [0.05, 0.1) is 17.5 Å². The van der Waals surface area contributed by atoms with Crippen molar-refractivity contribution >= 4 is 11.9 Å². The largest absolute Gasteiger partial charge is 0.481 e. The Morgan fingerprint density at radius 1 is 1.43 bits per heavy atom. The second-order valence-electron chi connectivity index (χ2n) is 6.23. The summed E-state index contributed by atoms with van der Waals surface area (Å²) < 4.78 is 10.1. The van der Waals surface area contributed by atoms with Gasteiger partial charge in [-0.15, -0.1) is 0 Å². The van der Waals surface area contributed by atoms with Crippen LogP contribution in [0.4, 0.5) is 0 Å². The van der Waals surface area contributed by atoms with E-state index in [-0.39, 0.29) is 18.9 Å². The number of hydrogen-bond donors (Lipinski definition) is 1. The summed E-state index contributed by atoms with van der Waals surface area (Å²) >= 11 is 0. The molecule has 128 valence electrons. The summed E-state index contributed by atoms with van der Waals surface area (Å²) in [6.07, 6.45) is 1.86. The molecular weight excluding hydrogens is 300 g/mol. The predicted octanol–water partition coefficient (Wildman–Crippen LogP) is 1.56. The summed E-state index contributed by atoms with van der Waals surface area (Å²) in [6.45, 7) is 4.77. The van der Waals surface area contributed by atoms with Crippen LogP contribution >= 0.6 is 0 Å². The Morgan fingerprint density at radius 2 is 2.17 bits per heavy atom. The molecule has 0 saturated carbocycles. The number of ether oxygens (including phenoxy) is 1. The van der Waals surface area contributed by atoms with Crippen LogP contribution in [0, 0.1) is 19.3 Å². The van der Waals surface area contributed by atoms with E-state index in [2.05, 4.69) is 5.16 Å². The molecule has 1 aliphatic rings. The average Bonchev–Trinajstić information content (AvgIpc) is 2.84. The third kappa shape index (κ3) is 3.72. The number of likely N-dealkylation sites (tertiary alicyclic amines) is 1. The van der Waals surface area contributed by atoms with Gasteiger partial charge in [0, 0.05) is 32.4 Å². The lowest BCUT2D eigenvalue weighted by Crippen LogP contribution is -2.50. The van der Waals surface area contributed by atoms with Gasteiger partial charge in [0.25, 0.3) is 0 Å². The number of piperidine rings is 1. The molecule has 2 rings (SSSR count). The quantitative estimate of drug-likeness (QED) is 0.853. The minimum Gasteiger partial charge on any atom is -0.481 e. The summed E-state index contributed by atoms with van der Waals surface area (Å²) in [7, 11) is 1.55. The third-order valence-corrected chi connectivity index (χ3v) is 4.68. The Kier molecular flexibility index (Phi) is 5.41. The van der Waals surface area contributed by atoms with Crippen LogP contribution in [0.3, 0.4) is 0 Å². The van der Waals surface area contributed by atoms with Crippen LogP contribution < -0.4 is 0 Å². The number of carboxylic acids is 1. The summed E-state index contributed by atoms with van der Waals surface area (Å²) in [6, 6.07) is 0. The maximum absolute atomic E-state index is 12.6. The van der Waals surface area contributed by atoms with Gasteiger partial charge in [-0.2, -0.15) is 0 Å². The van der Waals surface area contributed by atoms with Crippen molar-refractivity contribution in [1.29, 1.82) is 0 Å². The molecule has 2 heterocycles. The first kappa shape index (κ1) is 17.5. The number of aryl methyl sites for hydroxylation is 2. The van der Waals surface area contributed by atoms with Crippen molar-refractivity contribution in [2.24, 2.45) is 5.41 Å². The fourth-order valence-electron chi connectivity index (χ4n) is 3.14. The number of amides is 1. The molecule has 1 aromatic heterocycles. The van der Waals surface area contributed by atoms with Crippen LogP contribution in [0.1, 0.15) is 36.3 Å². The molecule has 0 aromatic carbocycles. The van der Waals surface area contributed by atoms with Crippen LogP contribution in [0.25, 0.3) is 0 Å². The van der Waals surface area contributed by atoms with Gasteiger partial charge < -0.3 is 19.3 Å². The molecule has 23 heavy (non-hydrogen) atoms. The molecule has 7 nitrogen and oxygen atoms in total. The lowest BCUT2D eigenvalue weighted by molar-refractivity contribution is -0.156. The van der Waals surface area contributed by atoms with Crippen molar-refractivity contribution in [3.8, 4) is 0 Å². The Balaban J connectivity index is 2.10. The molecule has 0 unspecified atom stereocenters. The SMILES string of the molecule is COCC[C@@]1(C(=O)O)CCCN(C(=O)Cc2c(C)noc2C)C1. The molecule has 1 saturated heterocycles. The van der Waals surface area contributed by atoms with Crippen LogP contribution in [0.15, 0.2) is 4.52 Å². The molecule has 1 fully saturated rings. The maximum atomic E-state index is 12.6. The van der Waals surface area contributed by atoms with Crippen molar-refractivity contribution in [2.75, 3.05) is 26.8 Å². The molecule has 1 N–H and O–H groups in total. The zero-order valence-corrected chi connectivity index (χ0v) is 13.9. The first-order chi connectivity index (χ1) is 10.9. The van der Waals surface area contributed by atoms with E-state index >= 15 is 0 Å². The van der Waals surface area contributed by atoms with E-state index in [0.717, 1.165) is 5.56 Å². The number of nitrogens with zero attached hydrogens (tertiary/aromatic N) is 2. The first-order valence-electron chi connectivity index (χ1n) is 7.81. The Morgan fingerprint density at radius 3 is 2.74 bits per heavy atom. The number of aliphatic carboxylic acids is 1. The van der Waals surface area contributed by atoms with E-state index in [9.17, 15) is 14.7 Å². The molecule has 1 aromatic rings. The fourth-order valence-corrected chi connectivity index (χ4v) is 3.14. The van der Waals surface area contributed by atoms with Crippen molar-refractivity contribution in [1.82, 2.24) is 10.1 Å². The third-order valence-electron chi connectivity index (χ3n) is 4.68. The highest BCUT2D eigenvalue weighted by molar-refractivity contribution is 5.81. The molecule has 1 aliphatic heterocycles. The van der Waals surface area contributed by atoms with Gasteiger partial charge in [0.15, 0.2) is 0 Å². The second kappa shape index (κ2) is 7.12. The Labute approximate surface area is 135 Å². The Hall–Kier alpha value is -1.89. The molecule has 0 bridgehead atoms. The van der Waals surface area contributed by atoms with Gasteiger partial charge in [0.1, 0.15) is 5.76 Å². The van der Waals surface area contributed by atoms with Crippen molar-refractivity contribution in [2.45, 2.75) is 39.5 Å². The Bertz CT molecular complexity index is 564. The van der Waals surface area contributed by atoms with Crippen molar-refractivity contribution < 1.29 is 24.0 Å². The minimum absolute atomic E-state index is 0.0814. The standard InChI is InChI=1S/C16H24N2O5/c1-11-13(12(2)23-17-11)9-14(19)18-7-4-5-16(10-18,15(20)21)6-8-22-3/h4-10H2,1-3H3,(H,20,21)/t16-/m0/s1. The highest BCUT2D eigenvalue weighted by Gasteiger charge is 2.43. The minimum atomic E-state index is -0.914. The normalized spacial score (nSPS) is 21.4. The number of aromatic nitrogens is 1. The van der Waals surface area contributed by atoms with Gasteiger partial charge in [-0.3, -0.25) is 9.59 Å². The van der Waals surface area contributed by atoms with Crippen LogP contribution in [0.5, 0.6) is 0 Å². The molecule has 1 atom stereocenters. The monoisotopic (exact) mass is 324 g/mol. The van der Waals surface area contributed by atoms with E-state index < -0.39 is 11.4 Å². The van der Waals surface area contributed by atoms with E-state index in [1.807, 2.05) is 0 Å². The highest BCUT2D eigenvalue weighted by atomic mass is 16.5. The van der Waals surface area contributed by atoms with Gasteiger partial charge in [-0.05, 0) is 33.1 Å². The van der Waals surface area contributed by atoms with Gasteiger partial charge in [-0.25, -0.2) is 0 Å². The lowest BCUT2D eigenvalue weighted by Gasteiger charge is -2.40. The summed E-state index contributed by atoms with van der Waals surface area (Å²) in [5, 5.41) is 13.5. The van der Waals surface area contributed by atoms with Gasteiger partial charge >= 0.3 is 5.97 Å². The summed E-state index contributed by atoms with van der Waals surface area (Å²) in [4.78, 5) is 26.0. The van der Waals surface area contributed by atoms with E-state index in [1.54, 1.807) is 25.9 Å². The molecule has 0 spiro atoms. The fraction of sp³-hybridized carbons (Fsp3) is 0.688.